The number of benzene rings is 5. The SMILES string of the molecule is CCCCCCc1cc(-c2ccc(-c3ccc(O)cc3)cc2)c(CCCCCC)cc1-c1ccc(-c2ccc(O)cc2)cc1. The predicted molar refractivity (Wildman–Crippen MR) is 187 cm³/mol. The van der Waals surface area contributed by atoms with Gasteiger partial charge in [-0.25, -0.2) is 0 Å². The summed E-state index contributed by atoms with van der Waals surface area (Å²) in [7, 11) is 0. The van der Waals surface area contributed by atoms with Crippen LogP contribution in [0.1, 0.15) is 76.3 Å². The van der Waals surface area contributed by atoms with Crippen molar-refractivity contribution in [2.75, 3.05) is 0 Å². The summed E-state index contributed by atoms with van der Waals surface area (Å²) in [6, 6.07) is 37.7. The predicted octanol–water partition coefficient (Wildman–Crippen LogP) is 12.0. The van der Waals surface area contributed by atoms with E-state index >= 15 is 0 Å². The van der Waals surface area contributed by atoms with Crippen LogP contribution in [0.4, 0.5) is 0 Å². The van der Waals surface area contributed by atoms with Crippen LogP contribution in [0.25, 0.3) is 44.5 Å². The maximum atomic E-state index is 9.72. The lowest BCUT2D eigenvalue weighted by molar-refractivity contribution is 0.475. The third kappa shape index (κ3) is 7.99. The Bertz CT molecular complexity index is 1470. The minimum Gasteiger partial charge on any atom is -0.508 e. The fourth-order valence-corrected chi connectivity index (χ4v) is 6.12. The first-order valence-corrected chi connectivity index (χ1v) is 16.5. The molecule has 0 spiro atoms. The smallest absolute Gasteiger partial charge is 0.115 e. The van der Waals surface area contributed by atoms with Crippen LogP contribution in [0.5, 0.6) is 11.5 Å². The Labute approximate surface area is 264 Å². The van der Waals surface area contributed by atoms with Crippen molar-refractivity contribution < 1.29 is 10.2 Å². The lowest BCUT2D eigenvalue weighted by atomic mass is 9.86. The number of aryl methyl sites for hydroxylation is 2. The first-order chi connectivity index (χ1) is 21.6. The molecule has 5 aromatic carbocycles. The summed E-state index contributed by atoms with van der Waals surface area (Å²) in [5.74, 6) is 0.583. The largest absolute Gasteiger partial charge is 0.508 e. The van der Waals surface area contributed by atoms with Gasteiger partial charge in [-0.3, -0.25) is 0 Å². The summed E-state index contributed by atoms with van der Waals surface area (Å²) in [5.41, 5.74) is 12.6. The molecule has 2 heteroatoms. The Morgan fingerprint density at radius 2 is 0.659 bits per heavy atom. The zero-order valence-corrected chi connectivity index (χ0v) is 26.4. The highest BCUT2D eigenvalue weighted by atomic mass is 16.3. The van der Waals surface area contributed by atoms with Crippen LogP contribution in [-0.4, -0.2) is 10.2 Å². The van der Waals surface area contributed by atoms with Crippen LogP contribution < -0.4 is 0 Å². The summed E-state index contributed by atoms with van der Waals surface area (Å²) in [4.78, 5) is 0. The normalized spacial score (nSPS) is 11.1. The molecule has 0 amide bonds. The Morgan fingerprint density at radius 3 is 0.977 bits per heavy atom. The van der Waals surface area contributed by atoms with Gasteiger partial charge in [0.15, 0.2) is 0 Å². The van der Waals surface area contributed by atoms with Crippen LogP contribution in [0.2, 0.25) is 0 Å². The Morgan fingerprint density at radius 1 is 0.364 bits per heavy atom. The van der Waals surface area contributed by atoms with Crippen LogP contribution in [-0.2, 0) is 12.8 Å². The van der Waals surface area contributed by atoms with Gasteiger partial charge in [0, 0.05) is 0 Å². The van der Waals surface area contributed by atoms with Crippen LogP contribution in [0.15, 0.2) is 109 Å². The molecule has 0 heterocycles. The molecule has 0 aliphatic heterocycles. The van der Waals surface area contributed by atoms with Crippen LogP contribution in [0, 0.1) is 0 Å². The van der Waals surface area contributed by atoms with E-state index in [0.717, 1.165) is 35.1 Å². The van der Waals surface area contributed by atoms with E-state index in [0.29, 0.717) is 11.5 Å². The van der Waals surface area contributed by atoms with Crippen molar-refractivity contribution in [3.63, 3.8) is 0 Å². The zero-order valence-electron chi connectivity index (χ0n) is 26.4. The van der Waals surface area contributed by atoms with E-state index in [2.05, 4.69) is 74.5 Å². The molecular formula is C42H46O2. The maximum absolute atomic E-state index is 9.72. The number of hydrogen-bond acceptors (Lipinski definition) is 2. The highest BCUT2D eigenvalue weighted by molar-refractivity contribution is 5.79. The Hall–Kier alpha value is -4.30. The summed E-state index contributed by atoms with van der Waals surface area (Å²) < 4.78 is 0. The van der Waals surface area contributed by atoms with Gasteiger partial charge < -0.3 is 10.2 Å². The molecule has 0 atom stereocenters. The lowest BCUT2D eigenvalue weighted by Crippen LogP contribution is -1.99. The summed E-state index contributed by atoms with van der Waals surface area (Å²) in [6.45, 7) is 4.54. The van der Waals surface area contributed by atoms with E-state index in [-0.39, 0.29) is 0 Å². The van der Waals surface area contributed by atoms with Gasteiger partial charge in [-0.05, 0) is 106 Å². The molecule has 0 bridgehead atoms. The second kappa shape index (κ2) is 15.4. The van der Waals surface area contributed by atoms with Crippen LogP contribution in [0.3, 0.4) is 0 Å². The first kappa shape index (κ1) is 31.1. The van der Waals surface area contributed by atoms with Gasteiger partial charge in [0.2, 0.25) is 0 Å². The molecule has 5 rings (SSSR count). The highest BCUT2D eigenvalue weighted by Gasteiger charge is 2.14. The second-order valence-corrected chi connectivity index (χ2v) is 12.0. The van der Waals surface area contributed by atoms with E-state index in [9.17, 15) is 10.2 Å². The van der Waals surface area contributed by atoms with Crippen molar-refractivity contribution in [3.8, 4) is 56.0 Å². The van der Waals surface area contributed by atoms with Crippen molar-refractivity contribution in [1.82, 2.24) is 0 Å². The second-order valence-electron chi connectivity index (χ2n) is 12.0. The van der Waals surface area contributed by atoms with Crippen molar-refractivity contribution >= 4 is 0 Å². The molecule has 2 nitrogen and oxygen atoms in total. The Balaban J connectivity index is 1.53. The third-order valence-corrected chi connectivity index (χ3v) is 8.72. The van der Waals surface area contributed by atoms with E-state index < -0.39 is 0 Å². The van der Waals surface area contributed by atoms with Gasteiger partial charge in [0.05, 0.1) is 0 Å². The van der Waals surface area contributed by atoms with E-state index in [1.165, 1.54) is 84.7 Å². The number of hydrogen-bond donors (Lipinski definition) is 2. The highest BCUT2D eigenvalue weighted by Crippen LogP contribution is 2.36. The molecular weight excluding hydrogens is 536 g/mol. The molecule has 0 saturated heterocycles. The topological polar surface area (TPSA) is 40.5 Å². The van der Waals surface area contributed by atoms with Crippen molar-refractivity contribution in [2.45, 2.75) is 78.1 Å². The molecule has 0 aliphatic rings. The summed E-state index contributed by atoms with van der Waals surface area (Å²) in [5, 5.41) is 19.4. The van der Waals surface area contributed by atoms with Gasteiger partial charge in [-0.15, -0.1) is 0 Å². The number of phenolic OH excluding ortho intramolecular Hbond substituents is 2. The standard InChI is InChI=1S/C42H46O2/c1-3-5-7-9-11-37-29-42(36-19-15-32(16-20-36)34-23-27-40(44)28-24-34)38(12-10-8-6-4-2)30-41(37)35-17-13-31(14-18-35)33-21-25-39(43)26-22-33/h13-30,43-44H,3-12H2,1-2H3. The van der Waals surface area contributed by atoms with E-state index in [4.69, 9.17) is 0 Å². The Kier molecular flexibility index (Phi) is 10.9. The zero-order chi connectivity index (χ0) is 30.7. The molecule has 0 aromatic heterocycles. The van der Waals surface area contributed by atoms with Gasteiger partial charge in [-0.2, -0.15) is 0 Å². The number of unbranched alkanes of at least 4 members (excludes halogenated alkanes) is 6. The maximum Gasteiger partial charge on any atom is 0.115 e. The average molecular weight is 583 g/mol. The summed E-state index contributed by atoms with van der Waals surface area (Å²) >= 11 is 0. The molecule has 0 radical (unpaired) electrons. The van der Waals surface area contributed by atoms with Gasteiger partial charge >= 0.3 is 0 Å². The minimum absolute atomic E-state index is 0.291. The van der Waals surface area contributed by atoms with E-state index in [1.54, 1.807) is 24.3 Å². The first-order valence-electron chi connectivity index (χ1n) is 16.5. The number of rotatable bonds is 14. The van der Waals surface area contributed by atoms with Gasteiger partial charge in [0.1, 0.15) is 11.5 Å². The molecule has 2 N–H and O–H groups in total. The van der Waals surface area contributed by atoms with Crippen molar-refractivity contribution in [3.05, 3.63) is 120 Å². The molecule has 0 saturated carbocycles. The van der Waals surface area contributed by atoms with Crippen molar-refractivity contribution in [1.29, 1.82) is 0 Å². The molecule has 0 fully saturated rings. The fourth-order valence-electron chi connectivity index (χ4n) is 6.12. The summed E-state index contributed by atoms with van der Waals surface area (Å²) in [6.07, 6.45) is 12.1. The molecule has 44 heavy (non-hydrogen) atoms. The van der Waals surface area contributed by atoms with Gasteiger partial charge in [0.25, 0.3) is 0 Å². The average Bonchev–Trinajstić information content (AvgIpc) is 3.06. The fraction of sp³-hybridized carbons (Fsp3) is 0.286. The molecule has 5 aromatic rings. The number of phenols is 2. The van der Waals surface area contributed by atoms with E-state index in [1.807, 2.05) is 24.3 Å². The van der Waals surface area contributed by atoms with Crippen LogP contribution >= 0.6 is 0 Å². The molecule has 0 unspecified atom stereocenters. The van der Waals surface area contributed by atoms with Crippen molar-refractivity contribution in [2.24, 2.45) is 0 Å². The third-order valence-electron chi connectivity index (χ3n) is 8.72. The number of aromatic hydroxyl groups is 2. The quantitative estimate of drug-likeness (QED) is 0.128. The molecule has 226 valence electrons. The molecule has 0 aliphatic carbocycles. The van der Waals surface area contributed by atoms with Gasteiger partial charge in [-0.1, -0.05) is 137 Å². The minimum atomic E-state index is 0.291. The lowest BCUT2D eigenvalue weighted by Gasteiger charge is -2.18. The monoisotopic (exact) mass is 582 g/mol.